The van der Waals surface area contributed by atoms with Crippen LogP contribution in [0.5, 0.6) is 0 Å². The number of rotatable bonds is 74. The van der Waals surface area contributed by atoms with Crippen molar-refractivity contribution in [1.82, 2.24) is 58.1 Å². The molecule has 27 N–H and O–H groups in total. The first-order valence-electron chi connectivity index (χ1n) is 47.5. The minimum atomic E-state index is -1.49. The van der Waals surface area contributed by atoms with Crippen LogP contribution >= 0.6 is 0 Å². The van der Waals surface area contributed by atoms with Gasteiger partial charge in [0, 0.05) is 120 Å². The van der Waals surface area contributed by atoms with Gasteiger partial charge in [-0.15, -0.1) is 0 Å². The van der Waals surface area contributed by atoms with E-state index in [1.54, 1.807) is 55.4 Å². The third kappa shape index (κ3) is 49.3. The number of ketones is 7. The Hall–Kier alpha value is -10.0. The number of carbonyl (C=O) groups is 16. The van der Waals surface area contributed by atoms with Gasteiger partial charge in [0.2, 0.25) is 53.2 Å². The van der Waals surface area contributed by atoms with Crippen molar-refractivity contribution in [2.75, 3.05) is 39.3 Å². The Morgan fingerprint density at radius 1 is 0.369 bits per heavy atom. The molecule has 9 amide bonds. The fraction of sp³-hybridized carbons (Fsp3) is 0.783. The van der Waals surface area contributed by atoms with Crippen LogP contribution in [0.2, 0.25) is 0 Å². The van der Waals surface area contributed by atoms with Gasteiger partial charge in [0.05, 0.1) is 60.7 Å². The second kappa shape index (κ2) is 64.7. The molecule has 38 nitrogen and oxygen atoms in total. The van der Waals surface area contributed by atoms with Crippen molar-refractivity contribution in [3.05, 3.63) is 0 Å². The van der Waals surface area contributed by atoms with Crippen molar-refractivity contribution in [3.63, 3.8) is 0 Å². The van der Waals surface area contributed by atoms with Gasteiger partial charge < -0.3 is 97.6 Å². The van der Waals surface area contributed by atoms with Gasteiger partial charge in [-0.25, -0.2) is 0 Å². The molecule has 0 saturated carbocycles. The average molecular weight is 1840 g/mol. The van der Waals surface area contributed by atoms with Gasteiger partial charge in [-0.05, 0) is 127 Å². The molecule has 130 heavy (non-hydrogen) atoms. The van der Waals surface area contributed by atoms with Crippen LogP contribution < -0.4 is 87.6 Å². The topological polar surface area (TPSA) is 668 Å². The molecule has 0 unspecified atom stereocenters. The Kier molecular flexibility index (Phi) is 58.7. The number of nitrogens with zero attached hydrogens (tertiary/aromatic N) is 1. The monoisotopic (exact) mass is 1840 g/mol. The highest BCUT2D eigenvalue weighted by atomic mass is 16.3. The number of hydrogen-bond donors (Lipinski definition) is 21. The summed E-state index contributed by atoms with van der Waals surface area (Å²) in [5.41, 5.74) is 33.3. The summed E-state index contributed by atoms with van der Waals surface area (Å²) < 4.78 is 0. The van der Waals surface area contributed by atoms with Gasteiger partial charge in [0.25, 0.3) is 0 Å². The van der Waals surface area contributed by atoms with Gasteiger partial charge in [-0.3, -0.25) is 98.3 Å². The van der Waals surface area contributed by atoms with E-state index in [1.807, 2.05) is 13.8 Å². The van der Waals surface area contributed by atoms with E-state index in [4.69, 9.17) is 56.0 Å². The summed E-state index contributed by atoms with van der Waals surface area (Å²) in [6, 6.07) is -8.21. The third-order valence-corrected chi connectivity index (χ3v) is 23.9. The Morgan fingerprint density at radius 2 is 0.715 bits per heavy atom. The predicted molar refractivity (Wildman–Crippen MR) is 500 cm³/mol. The summed E-state index contributed by atoms with van der Waals surface area (Å²) in [6.45, 7) is 22.4. The maximum atomic E-state index is 14.9. The van der Waals surface area contributed by atoms with Crippen molar-refractivity contribution < 1.29 is 81.8 Å². The van der Waals surface area contributed by atoms with E-state index in [0.29, 0.717) is 19.3 Å². The molecule has 1 saturated heterocycles. The van der Waals surface area contributed by atoms with Gasteiger partial charge in [0.1, 0.15) is 0 Å². The van der Waals surface area contributed by atoms with Crippen LogP contribution in [0.25, 0.3) is 0 Å². The number of hydrogen-bond acceptors (Lipinski definition) is 21. The molecular weight excluding hydrogens is 1670 g/mol. The van der Waals surface area contributed by atoms with E-state index in [9.17, 15) is 81.8 Å². The van der Waals surface area contributed by atoms with Gasteiger partial charge in [-0.2, -0.15) is 0 Å². The molecule has 0 aromatic carbocycles. The highest BCUT2D eigenvalue weighted by Crippen LogP contribution is 2.30. The zero-order valence-corrected chi connectivity index (χ0v) is 80.1. The van der Waals surface area contributed by atoms with Crippen LogP contribution in [-0.2, 0) is 76.7 Å². The molecule has 0 spiro atoms. The van der Waals surface area contributed by atoms with Crippen molar-refractivity contribution >= 4 is 117 Å². The molecule has 0 bridgehead atoms. The second-order valence-electron chi connectivity index (χ2n) is 37.5. The summed E-state index contributed by atoms with van der Waals surface area (Å²) in [5.74, 6) is -21.7. The lowest BCUT2D eigenvalue weighted by Crippen LogP contribution is -2.50. The van der Waals surface area contributed by atoms with E-state index >= 15 is 0 Å². The summed E-state index contributed by atoms with van der Waals surface area (Å²) in [7, 11) is 0. The number of nitrogens with two attached hydrogens (primary N) is 6. The van der Waals surface area contributed by atoms with Gasteiger partial charge in [-0.1, -0.05) is 153 Å². The Morgan fingerprint density at radius 3 is 1.08 bits per heavy atom. The van der Waals surface area contributed by atoms with Crippen LogP contribution in [-0.4, -0.2) is 209 Å². The number of aliphatic hydroxyl groups excluding tert-OH is 1. The van der Waals surface area contributed by atoms with E-state index in [2.05, 4.69) is 60.1 Å². The lowest BCUT2D eigenvalue weighted by molar-refractivity contribution is -0.144. The number of aliphatic hydroxyl groups is 1. The highest BCUT2D eigenvalue weighted by molar-refractivity contribution is 6.01. The van der Waals surface area contributed by atoms with E-state index in [0.717, 1.165) is 25.7 Å². The summed E-state index contributed by atoms with van der Waals surface area (Å²) in [6.07, 6.45) is 13.2. The van der Waals surface area contributed by atoms with E-state index in [1.165, 1.54) is 70.1 Å². The Labute approximate surface area is 770 Å². The Bertz CT molecular complexity index is 3670. The molecular formula is C92H165N21O17. The number of Topliss-reactive ketones (excluding diaryl/α,β-unsaturated/α-hetero) is 7. The molecule has 740 valence electrons. The molecule has 0 aliphatic carbocycles. The fourth-order valence-electron chi connectivity index (χ4n) is 16.2. The summed E-state index contributed by atoms with van der Waals surface area (Å²) in [5, 5.41) is 67.7. The average Bonchev–Trinajstić information content (AvgIpc) is 1.66. The number of nitrogens with one attached hydrogen (secondary N) is 14. The number of guanidine groups is 4. The first-order chi connectivity index (χ1) is 61.1. The van der Waals surface area contributed by atoms with Crippen LogP contribution in [0, 0.1) is 92.7 Å². The lowest BCUT2D eigenvalue weighted by atomic mass is 9.86. The van der Waals surface area contributed by atoms with Crippen LogP contribution in [0.3, 0.4) is 0 Å². The summed E-state index contributed by atoms with van der Waals surface area (Å²) in [4.78, 5) is 227. The quantitative estimate of drug-likeness (QED) is 0.0219. The first-order valence-corrected chi connectivity index (χ1v) is 47.5. The molecule has 0 aromatic rings. The fourth-order valence-corrected chi connectivity index (χ4v) is 16.2. The summed E-state index contributed by atoms with van der Waals surface area (Å²) >= 11 is 0. The van der Waals surface area contributed by atoms with Crippen molar-refractivity contribution in [2.24, 2.45) is 105 Å². The molecule has 0 aromatic heterocycles. The molecule has 1 fully saturated rings. The molecule has 14 atom stereocenters. The normalized spacial score (nSPS) is 15.6. The van der Waals surface area contributed by atoms with E-state index < -0.39 is 223 Å². The number of likely N-dealkylation sites (tertiary alicyclic amines) is 1. The van der Waals surface area contributed by atoms with Crippen molar-refractivity contribution in [1.29, 1.82) is 21.6 Å². The van der Waals surface area contributed by atoms with Gasteiger partial charge in [0.15, 0.2) is 64.3 Å². The largest absolute Gasteiger partial charge is 0.396 e. The van der Waals surface area contributed by atoms with Crippen molar-refractivity contribution in [3.8, 4) is 0 Å². The minimum absolute atomic E-state index is 0.0120. The maximum Gasteiger partial charge on any atom is 0.226 e. The minimum Gasteiger partial charge on any atom is -0.396 e. The lowest BCUT2D eigenvalue weighted by Gasteiger charge is -2.31. The second-order valence-corrected chi connectivity index (χ2v) is 37.5. The standard InChI is InChI=1S/C92H165N21O17/c1-14-15-16-17-18-19-20-21-22-23-24-25-26-37-79(123)111-80(57(8)9)76(120)48-64(35-30-41-106-92(101)102)88(130)113-42-31-36-70(113)75(119)52-67(56(6)7)87(129)108-60(13)72(116)49-65(51-78(93)122)86(128)107-59(12)71(115)45-61(32-27-38-103-89(95)96)83(125)109-68(43-54(2)3)73(117)46-62(33-28-39-104-90(97)98)84(126)110-69(44-55(4)5)74(118)47-63(34-29-40-105-91(99)100)85(127)112-81(58(10)11)77(121)50-66(53-114)82(94)124/h54-70,80-81,114H,14-53H2,1-13H3,(H2,93,122)(H2,94,124)(H,107,128)(H,108,129)(H,109,125)(H,110,126)(H,111,123)(H,112,127)(H4,95,96,103)(H4,97,98,104)(H4,99,100,105)(H4,101,102,106)/t59-,60-,61+,62+,63+,64+,65-,66-,67-,68-,69-,70-,80-,81-/m0/s1. The highest BCUT2D eigenvalue weighted by Gasteiger charge is 2.43. The van der Waals surface area contributed by atoms with Gasteiger partial charge >= 0.3 is 0 Å². The molecule has 1 heterocycles. The molecule has 1 aliphatic heterocycles. The third-order valence-electron chi connectivity index (χ3n) is 23.9. The number of primary amides is 2. The smallest absolute Gasteiger partial charge is 0.226 e. The Balaban J connectivity index is 3.51. The predicted octanol–water partition coefficient (Wildman–Crippen LogP) is 4.90. The molecule has 1 aliphatic rings. The number of carbonyl (C=O) groups excluding carboxylic acids is 16. The number of amides is 9. The molecule has 38 heteroatoms. The maximum absolute atomic E-state index is 14.9. The van der Waals surface area contributed by atoms with E-state index in [-0.39, 0.29) is 169 Å². The molecule has 0 radical (unpaired) electrons. The van der Waals surface area contributed by atoms with Crippen LogP contribution in [0.4, 0.5) is 0 Å². The van der Waals surface area contributed by atoms with Crippen molar-refractivity contribution in [2.45, 2.75) is 351 Å². The first kappa shape index (κ1) is 118. The zero-order chi connectivity index (χ0) is 98.4. The molecule has 1 rings (SSSR count). The number of unbranched alkanes of at least 4 members (excludes halogenated alkanes) is 12. The SMILES string of the molecule is CCCCCCCCCCCCCCCC(=O)N[C@H](C(=O)C[C@@H](CCCNC(=N)N)C(=O)N1CCC[C@H]1C(=O)C[C@H](C(=O)N[C@@H](C)C(=O)C[C@@H](CC(N)=O)C(=O)N[C@@H](C)C(=O)C[C@@H](CCCNC(=N)N)C(=O)N[C@@H](CC(C)C)C(=O)C[C@@H](CCCNC(=N)N)C(=O)N[C@@H](CC(C)C)C(=O)C[C@@H](CCCNC(=N)N)C(=O)N[C@H](C(=O)C[C@@H](CO)C(N)=O)C(C)C)C(C)C)C(C)C. The van der Waals surface area contributed by atoms with Crippen LogP contribution in [0.1, 0.15) is 308 Å². The zero-order valence-electron chi connectivity index (χ0n) is 80.1. The van der Waals surface area contributed by atoms with Crippen LogP contribution in [0.15, 0.2) is 0 Å².